The van der Waals surface area contributed by atoms with Crippen molar-refractivity contribution in [3.63, 3.8) is 0 Å². The van der Waals surface area contributed by atoms with E-state index in [1.807, 2.05) is 0 Å². The van der Waals surface area contributed by atoms with Crippen molar-refractivity contribution in [2.75, 3.05) is 46.0 Å². The monoisotopic (exact) mass is 1920 g/mol. The van der Waals surface area contributed by atoms with Gasteiger partial charge in [-0.25, -0.2) is 0 Å². The molecule has 0 saturated heterocycles. The molecule has 8 unspecified atom stereocenters. The molecule has 0 aliphatic heterocycles. The number of nitrogens with one attached hydrogen (secondary N) is 4. The third kappa shape index (κ3) is 61.5. The Morgan fingerprint density at radius 2 is 0.514 bits per heavy atom. The molecule has 0 aromatic heterocycles. The predicted octanol–water partition coefficient (Wildman–Crippen LogP) is 7.92. The zero-order chi connectivity index (χ0) is 50.9. The van der Waals surface area contributed by atoms with E-state index in [0.29, 0.717) is 40.3 Å². The minimum absolute atomic E-state index is 0. The van der Waals surface area contributed by atoms with Gasteiger partial charge < -0.3 is 61.9 Å². The van der Waals surface area contributed by atoms with Crippen molar-refractivity contribution in [2.24, 2.45) is 23.7 Å². The quantitative estimate of drug-likeness (QED) is 0.0645. The minimum atomic E-state index is -1.17. The summed E-state index contributed by atoms with van der Waals surface area (Å²) in [5, 5.41) is 17.1. The number of carbonyl (C=O) groups excluding carboxylic acids is 10. The smallest absolute Gasteiger partial charge is 0.304 e. The fourth-order valence-corrected chi connectivity index (χ4v) is 9.15. The van der Waals surface area contributed by atoms with Crippen molar-refractivity contribution in [1.82, 2.24) is 0 Å². The third-order valence-corrected chi connectivity index (χ3v) is 13.3. The van der Waals surface area contributed by atoms with Crippen LogP contribution in [0.2, 0.25) is 0 Å². The van der Waals surface area contributed by atoms with Crippen molar-refractivity contribution >= 4 is 117 Å². The number of carboxylic acid groups (broad SMARTS) is 2. The Balaban J connectivity index is -0.0000000833. The van der Waals surface area contributed by atoms with E-state index in [2.05, 4.69) is 0 Å². The number of hydrogen-bond donors (Lipinski definition) is 2. The Kier molecular flexibility index (Phi) is 78.5. The topological polar surface area (TPSA) is 340 Å². The van der Waals surface area contributed by atoms with Crippen LogP contribution in [0.4, 0.5) is 0 Å². The first-order valence-corrected chi connectivity index (χ1v) is 24.6. The molecule has 0 aromatic carbocycles. The number of thioether (sulfide) groups is 4. The van der Waals surface area contributed by atoms with Crippen LogP contribution < -0.4 is 0 Å². The Morgan fingerprint density at radius 3 is 0.657 bits per heavy atom. The Morgan fingerprint density at radius 1 is 0.329 bits per heavy atom. The average molecular weight is 1920 g/mol. The second-order valence-corrected chi connectivity index (χ2v) is 19.4. The van der Waals surface area contributed by atoms with Gasteiger partial charge in [0.05, 0.1) is 6.42 Å². The normalized spacial score (nSPS) is 13.0. The molecular weight excluding hydrogens is 1840 g/mol. The van der Waals surface area contributed by atoms with Crippen LogP contribution in [0.15, 0.2) is 0 Å². The summed E-state index contributed by atoms with van der Waals surface area (Å²) in [6.07, 6.45) is 0.513. The molecule has 396 valence electrons. The van der Waals surface area contributed by atoms with E-state index in [4.69, 9.17) is 33.1 Å². The van der Waals surface area contributed by atoms with E-state index in [1.165, 1.54) is 116 Å². The van der Waals surface area contributed by atoms with Crippen molar-refractivity contribution in [3.8, 4) is 0 Å². The molecule has 0 aliphatic carbocycles. The molecule has 0 amide bonds. The Labute approximate surface area is 577 Å². The minimum Gasteiger partial charge on any atom is -0.668 e. The molecule has 8 atom stereocenters. The first-order chi connectivity index (χ1) is 29.4. The summed E-state index contributed by atoms with van der Waals surface area (Å²) in [5.74, 6) is -1.49. The summed E-state index contributed by atoms with van der Waals surface area (Å²) in [5.41, 5.74) is 29.3. The summed E-state index contributed by atoms with van der Waals surface area (Å²) in [4.78, 5) is 131. The van der Waals surface area contributed by atoms with E-state index >= 15 is 0 Å². The number of hydrogen-bond acceptors (Lipinski definition) is 16. The largest absolute Gasteiger partial charge is 0.668 e. The van der Waals surface area contributed by atoms with E-state index in [9.17, 15) is 57.5 Å². The summed E-state index contributed by atoms with van der Waals surface area (Å²) < 4.78 is 0. The molecule has 0 spiro atoms. The van der Waals surface area contributed by atoms with Crippen LogP contribution in [-0.4, -0.2) is 150 Å². The number of carbonyl (C=O) groups is 12. The van der Waals surface area contributed by atoms with Crippen LogP contribution >= 0.6 is 47.0 Å². The molecule has 0 rings (SSSR count). The third-order valence-electron chi connectivity index (χ3n) is 8.51. The first kappa shape index (κ1) is 95.0. The van der Waals surface area contributed by atoms with Crippen LogP contribution in [-0.2, 0) is 57.5 Å². The molecule has 18 nitrogen and oxygen atoms in total. The maximum Gasteiger partial charge on any atom is 0.304 e. The van der Waals surface area contributed by atoms with Crippen molar-refractivity contribution < 1.29 is 244 Å². The van der Waals surface area contributed by atoms with Crippen molar-refractivity contribution in [2.45, 2.75) is 134 Å². The summed E-state index contributed by atoms with van der Waals surface area (Å²) in [6, 6.07) is -3.41. The Bertz CT molecular complexity index is 1360. The maximum absolute atomic E-state index is 11.2. The Hall–Kier alpha value is 2.65. The fraction of sp³-hybridized carbons (Fsp3) is 0.727. The van der Waals surface area contributed by atoms with Crippen LogP contribution in [0, 0.1) is 200 Å². The van der Waals surface area contributed by atoms with Crippen molar-refractivity contribution in [3.05, 3.63) is 22.9 Å². The molecule has 6 N–H and O–H groups in total. The second-order valence-electron chi connectivity index (χ2n) is 15.1. The number of carboxylic acids is 2. The summed E-state index contributed by atoms with van der Waals surface area (Å²) in [7, 11) is 0. The van der Waals surface area contributed by atoms with Gasteiger partial charge in [-0.15, -0.1) is 0 Å². The first-order valence-electron chi connectivity index (χ1n) is 20.0. The maximum atomic E-state index is 11.2. The molecule has 0 heterocycles. The molecule has 26 heteroatoms. The van der Waals surface area contributed by atoms with E-state index in [1.54, 1.807) is 0 Å². The van der Waals surface area contributed by atoms with Gasteiger partial charge in [-0.1, -0.05) is 33.0 Å². The van der Waals surface area contributed by atoms with E-state index in [-0.39, 0.29) is 298 Å². The van der Waals surface area contributed by atoms with Gasteiger partial charge in [0.2, 0.25) is 0 Å². The van der Waals surface area contributed by atoms with Gasteiger partial charge in [0.15, 0.2) is 0 Å². The average Bonchev–Trinajstić information content (AvgIpc) is 3.15. The summed E-state index contributed by atoms with van der Waals surface area (Å²) >= 11 is 5.28. The number of ketones is 10. The number of aliphatic carboxylic acids is 2. The van der Waals surface area contributed by atoms with Gasteiger partial charge in [0.25, 0.3) is 5.97 Å². The van der Waals surface area contributed by atoms with Gasteiger partial charge in [0, 0.05) is 242 Å². The van der Waals surface area contributed by atoms with E-state index < -0.39 is 42.0 Å². The molecule has 0 fully saturated rings. The van der Waals surface area contributed by atoms with Crippen LogP contribution in [0.5, 0.6) is 0 Å². The molecule has 0 bridgehead atoms. The fourth-order valence-electron chi connectivity index (χ4n) is 4.27. The van der Waals surface area contributed by atoms with Crippen LogP contribution in [0.25, 0.3) is 22.9 Å². The number of Topliss-reactive ketones (excluding diaryl/α,β-unsaturated/α-hetero) is 10. The molecule has 0 saturated carbocycles. The molecule has 0 aromatic rings. The van der Waals surface area contributed by atoms with Crippen LogP contribution in [0.1, 0.15) is 110 Å². The standard InChI is InChI=1S/2C11H18NO3S.2C10H16NO4S.2CH4.4Ac/c2*1-7(13)4-10(8(2)14)5-16-6-11(12)9(3)15;1-6(12)8(3-10(14)15)4-16-5-9(11)7(2)13;1-6(12)3-8(7(2)13)4-16-5-9(11)10(14)15;;;;;;/h2*10-12H,4-6H2,1-3H3;2*8-9,11H,3-5H2,1-2H3,(H,14,15);2*1H4;;;;/q4*-1;;;;;;. The van der Waals surface area contributed by atoms with Gasteiger partial charge >= 0.3 is 5.97 Å². The van der Waals surface area contributed by atoms with Crippen molar-refractivity contribution in [1.29, 1.82) is 0 Å². The zero-order valence-corrected chi connectivity index (χ0v) is 63.1. The molecule has 4 radical (unpaired) electrons. The van der Waals surface area contributed by atoms with Crippen LogP contribution in [0.3, 0.4) is 0 Å². The zero-order valence-electron chi connectivity index (χ0n) is 40.8. The van der Waals surface area contributed by atoms with Gasteiger partial charge in [-0.2, -0.15) is 47.0 Å². The van der Waals surface area contributed by atoms with E-state index in [0.717, 1.165) is 0 Å². The molecule has 0 aliphatic rings. The molecular formula is C44H76Ac4N4O14S4-4. The predicted molar refractivity (Wildman–Crippen MR) is 270 cm³/mol. The van der Waals surface area contributed by atoms with Gasteiger partial charge in [-0.05, 0) is 98.3 Å². The molecule has 70 heavy (non-hydrogen) atoms. The second kappa shape index (κ2) is 57.8. The SMILES string of the molecule is C.C.CC(=O)C([NH-])CSCC(CC(=O)O)C(C)=O.CC(=O)CC(CSCC([NH-])C(=O)O)C(C)=O.CC(=O)CC(CSCC([NH-])C(C)=O)C(C)=O.CC(=O)CC(CSCC([NH-])C(C)=O)C(C)=O.[Ac].[Ac].[Ac].[Ac]. The number of rotatable bonds is 32. The summed E-state index contributed by atoms with van der Waals surface area (Å²) in [6.45, 7) is 14.2. The van der Waals surface area contributed by atoms with Gasteiger partial charge in [-0.3, -0.25) is 28.8 Å². The van der Waals surface area contributed by atoms with Gasteiger partial charge in [0.1, 0.15) is 57.8 Å².